The predicted molar refractivity (Wildman–Crippen MR) is 159 cm³/mol. The second kappa shape index (κ2) is 11.9. The van der Waals surface area contributed by atoms with Crippen molar-refractivity contribution in [3.63, 3.8) is 0 Å². The summed E-state index contributed by atoms with van der Waals surface area (Å²) in [7, 11) is 0. The normalized spacial score (nSPS) is 24.6. The average molecular weight is 549 g/mol. The van der Waals surface area contributed by atoms with Gasteiger partial charge in [-0.3, -0.25) is 9.80 Å². The number of ether oxygens (including phenoxy) is 4. The minimum Gasteiger partial charge on any atom is -0.490 e. The summed E-state index contributed by atoms with van der Waals surface area (Å²) < 4.78 is 25.7. The molecule has 4 atom stereocenters. The first kappa shape index (κ1) is 25.9. The fourth-order valence-corrected chi connectivity index (χ4v) is 6.38. The van der Waals surface area contributed by atoms with E-state index in [0.717, 1.165) is 55.6 Å². The number of hydrogen-bond donors (Lipinski definition) is 0. The van der Waals surface area contributed by atoms with Crippen LogP contribution in [0.4, 0.5) is 0 Å². The van der Waals surface area contributed by atoms with E-state index >= 15 is 0 Å². The molecular weight excluding hydrogens is 512 g/mol. The molecule has 0 saturated carbocycles. The van der Waals surface area contributed by atoms with Gasteiger partial charge in [-0.2, -0.15) is 0 Å². The van der Waals surface area contributed by atoms with Crippen LogP contribution in [0, 0.1) is 0 Å². The van der Waals surface area contributed by atoms with Crippen LogP contribution in [0.2, 0.25) is 0 Å². The van der Waals surface area contributed by atoms with Crippen LogP contribution in [-0.4, -0.2) is 61.4 Å². The van der Waals surface area contributed by atoms with Crippen LogP contribution in [0.1, 0.15) is 29.6 Å². The summed E-state index contributed by atoms with van der Waals surface area (Å²) in [5, 5.41) is 0. The smallest absolute Gasteiger partial charge is 0.131 e. The first-order chi connectivity index (χ1) is 20.3. The van der Waals surface area contributed by atoms with Gasteiger partial charge in [0.15, 0.2) is 0 Å². The van der Waals surface area contributed by atoms with Crippen LogP contribution in [0.3, 0.4) is 0 Å². The van der Waals surface area contributed by atoms with Crippen molar-refractivity contribution in [2.45, 2.75) is 30.7 Å². The highest BCUT2D eigenvalue weighted by Gasteiger charge is 2.45. The van der Waals surface area contributed by atoms with Gasteiger partial charge in [-0.25, -0.2) is 0 Å². The molecule has 4 aromatic carbocycles. The Labute approximate surface area is 242 Å². The quantitative estimate of drug-likeness (QED) is 0.305. The van der Waals surface area contributed by atoms with Crippen molar-refractivity contribution in [1.29, 1.82) is 0 Å². The summed E-state index contributed by atoms with van der Waals surface area (Å²) in [5.41, 5.74) is 2.35. The van der Waals surface area contributed by atoms with E-state index in [0.29, 0.717) is 13.2 Å². The first-order valence-electron chi connectivity index (χ1n) is 14.7. The van der Waals surface area contributed by atoms with Gasteiger partial charge in [0, 0.05) is 37.3 Å². The fourth-order valence-electron chi connectivity index (χ4n) is 6.38. The highest BCUT2D eigenvalue weighted by molar-refractivity contribution is 5.40. The van der Waals surface area contributed by atoms with Crippen molar-refractivity contribution < 1.29 is 18.9 Å². The maximum atomic E-state index is 6.48. The van der Waals surface area contributed by atoms with Crippen LogP contribution >= 0.6 is 0 Å². The SMILES string of the molecule is c1ccc(OC2CN3CCCN4CC(Oc5ccccc5)C4c4ccccc4OCCOc4ccccc4C23)cc1. The molecule has 210 valence electrons. The van der Waals surface area contributed by atoms with Gasteiger partial charge in [-0.15, -0.1) is 0 Å². The highest BCUT2D eigenvalue weighted by Crippen LogP contribution is 2.43. The van der Waals surface area contributed by atoms with Gasteiger partial charge in [-0.1, -0.05) is 72.8 Å². The molecule has 2 fully saturated rings. The number of fused-ring (bicyclic) bond motifs is 6. The molecule has 6 heteroatoms. The third-order valence-corrected chi connectivity index (χ3v) is 8.35. The molecule has 3 aliphatic heterocycles. The lowest BCUT2D eigenvalue weighted by Gasteiger charge is -2.50. The largest absolute Gasteiger partial charge is 0.490 e. The lowest BCUT2D eigenvalue weighted by molar-refractivity contribution is -0.0650. The maximum absolute atomic E-state index is 6.48. The van der Waals surface area contributed by atoms with E-state index in [1.54, 1.807) is 0 Å². The molecule has 0 aliphatic carbocycles. The zero-order valence-corrected chi connectivity index (χ0v) is 23.2. The van der Waals surface area contributed by atoms with Crippen LogP contribution in [0.5, 0.6) is 23.0 Å². The van der Waals surface area contributed by atoms with E-state index in [1.807, 2.05) is 72.8 Å². The Morgan fingerprint density at radius 1 is 0.512 bits per heavy atom. The van der Waals surface area contributed by atoms with Crippen molar-refractivity contribution in [2.75, 3.05) is 39.4 Å². The highest BCUT2D eigenvalue weighted by atomic mass is 16.5. The Morgan fingerprint density at radius 3 is 1.39 bits per heavy atom. The number of rotatable bonds is 4. The summed E-state index contributed by atoms with van der Waals surface area (Å²) in [5.74, 6) is 3.61. The Hall–Kier alpha value is -4.00. The first-order valence-corrected chi connectivity index (χ1v) is 14.7. The molecule has 7 rings (SSSR count). The summed E-state index contributed by atoms with van der Waals surface area (Å²) >= 11 is 0. The minimum absolute atomic E-state index is 0.0683. The Bertz CT molecular complexity index is 1320. The Kier molecular flexibility index (Phi) is 7.50. The minimum atomic E-state index is 0.0683. The third kappa shape index (κ3) is 5.50. The number of para-hydroxylation sites is 4. The molecule has 41 heavy (non-hydrogen) atoms. The van der Waals surface area contributed by atoms with Crippen LogP contribution < -0.4 is 18.9 Å². The standard InChI is InChI=1S/C35H36N2O4/c1-3-12-26(13-4-1)40-32-24-36-20-11-21-37-25-33(41-27-14-5-2-6-15-27)35(37)29-17-8-10-19-31(29)39-23-22-38-30-18-9-7-16-28(30)34(32)36/h1-10,12-19,32-35H,11,20-25H2. The van der Waals surface area contributed by atoms with E-state index in [9.17, 15) is 0 Å². The second-order valence-electron chi connectivity index (χ2n) is 10.9. The monoisotopic (exact) mass is 548 g/mol. The van der Waals surface area contributed by atoms with Crippen molar-refractivity contribution in [3.8, 4) is 23.0 Å². The average Bonchev–Trinajstić information content (AvgIpc) is 2.99. The molecule has 4 aromatic rings. The van der Waals surface area contributed by atoms with E-state index < -0.39 is 0 Å². The number of hydrogen-bond acceptors (Lipinski definition) is 6. The molecule has 0 radical (unpaired) electrons. The molecule has 0 N–H and O–H groups in total. The number of nitrogens with zero attached hydrogens (tertiary/aromatic N) is 2. The molecule has 3 heterocycles. The van der Waals surface area contributed by atoms with E-state index in [4.69, 9.17) is 18.9 Å². The van der Waals surface area contributed by atoms with Gasteiger partial charge >= 0.3 is 0 Å². The Morgan fingerprint density at radius 2 is 0.927 bits per heavy atom. The third-order valence-electron chi connectivity index (χ3n) is 8.35. The maximum Gasteiger partial charge on any atom is 0.131 e. The molecule has 0 spiro atoms. The fraction of sp³-hybridized carbons (Fsp3) is 0.314. The molecule has 6 nitrogen and oxygen atoms in total. The summed E-state index contributed by atoms with van der Waals surface area (Å²) in [6, 6.07) is 37.3. The Balaban J connectivity index is 1.14. The zero-order valence-electron chi connectivity index (χ0n) is 23.2. The second-order valence-corrected chi connectivity index (χ2v) is 10.9. The topological polar surface area (TPSA) is 43.4 Å². The molecule has 3 aliphatic rings. The molecular formula is C35H36N2O4. The van der Waals surface area contributed by atoms with Gasteiger partial charge in [-0.05, 0) is 42.8 Å². The van der Waals surface area contributed by atoms with Gasteiger partial charge in [0.05, 0.1) is 12.1 Å². The van der Waals surface area contributed by atoms with Crippen molar-refractivity contribution in [2.24, 2.45) is 0 Å². The predicted octanol–water partition coefficient (Wildman–Crippen LogP) is 6.16. The van der Waals surface area contributed by atoms with Crippen molar-refractivity contribution in [1.82, 2.24) is 9.80 Å². The lowest BCUT2D eigenvalue weighted by Crippen LogP contribution is -2.58. The van der Waals surface area contributed by atoms with Crippen LogP contribution in [-0.2, 0) is 0 Å². The van der Waals surface area contributed by atoms with Crippen LogP contribution in [0.15, 0.2) is 109 Å². The summed E-state index contributed by atoms with van der Waals surface area (Å²) in [6.07, 6.45) is 1.19. The zero-order chi connectivity index (χ0) is 27.4. The van der Waals surface area contributed by atoms with Gasteiger partial charge < -0.3 is 18.9 Å². The van der Waals surface area contributed by atoms with Crippen molar-refractivity contribution >= 4 is 0 Å². The van der Waals surface area contributed by atoms with E-state index in [-0.39, 0.29) is 24.3 Å². The van der Waals surface area contributed by atoms with Gasteiger partial charge in [0.2, 0.25) is 0 Å². The van der Waals surface area contributed by atoms with Crippen LogP contribution in [0.25, 0.3) is 0 Å². The lowest BCUT2D eigenvalue weighted by atomic mass is 9.89. The molecule has 0 bridgehead atoms. The van der Waals surface area contributed by atoms with Gasteiger partial charge in [0.25, 0.3) is 0 Å². The van der Waals surface area contributed by atoms with E-state index in [1.165, 1.54) is 11.1 Å². The molecule has 4 unspecified atom stereocenters. The van der Waals surface area contributed by atoms with Gasteiger partial charge in [0.1, 0.15) is 48.4 Å². The van der Waals surface area contributed by atoms with E-state index in [2.05, 4.69) is 46.2 Å². The van der Waals surface area contributed by atoms with Crippen molar-refractivity contribution in [3.05, 3.63) is 120 Å². The molecule has 0 aromatic heterocycles. The summed E-state index contributed by atoms with van der Waals surface area (Å²) in [4.78, 5) is 5.07. The molecule has 2 saturated heterocycles. The molecule has 0 amide bonds. The summed E-state index contributed by atoms with van der Waals surface area (Å²) in [6.45, 7) is 4.67. The number of benzene rings is 4.